The maximum absolute atomic E-state index is 13.6. The van der Waals surface area contributed by atoms with Crippen LogP contribution in [-0.2, 0) is 21.4 Å². The molecule has 2 unspecified atom stereocenters. The number of carboxylic acid groups (broad SMARTS) is 1. The molecule has 0 radical (unpaired) electrons. The lowest BCUT2D eigenvalue weighted by molar-refractivity contribution is -0.137. The van der Waals surface area contributed by atoms with E-state index in [1.807, 2.05) is 18.2 Å². The third kappa shape index (κ3) is 4.03. The molecule has 35 heavy (non-hydrogen) atoms. The summed E-state index contributed by atoms with van der Waals surface area (Å²) in [5.41, 5.74) is 3.29. The summed E-state index contributed by atoms with van der Waals surface area (Å²) in [6, 6.07) is 13.1. The summed E-state index contributed by atoms with van der Waals surface area (Å²) in [4.78, 5) is 28.7. The van der Waals surface area contributed by atoms with Gasteiger partial charge in [-0.15, -0.1) is 0 Å². The van der Waals surface area contributed by atoms with E-state index in [2.05, 4.69) is 23.3 Å². The van der Waals surface area contributed by atoms with E-state index in [0.29, 0.717) is 36.6 Å². The Morgan fingerprint density at radius 2 is 2.14 bits per heavy atom. The van der Waals surface area contributed by atoms with Gasteiger partial charge in [-0.2, -0.15) is 5.26 Å². The zero-order valence-corrected chi connectivity index (χ0v) is 19.3. The van der Waals surface area contributed by atoms with Crippen LogP contribution >= 0.6 is 0 Å². The van der Waals surface area contributed by atoms with E-state index < -0.39 is 5.97 Å². The molecule has 178 valence electrons. The molecule has 1 spiro atoms. The Hall–Kier alpha value is -4.12. The Morgan fingerprint density at radius 3 is 2.89 bits per heavy atom. The van der Waals surface area contributed by atoms with Crippen LogP contribution < -0.4 is 10.1 Å². The van der Waals surface area contributed by atoms with Gasteiger partial charge < -0.3 is 19.6 Å². The van der Waals surface area contributed by atoms with E-state index in [9.17, 15) is 14.9 Å². The normalized spacial score (nSPS) is 22.1. The number of oxazole rings is 1. The van der Waals surface area contributed by atoms with Crippen molar-refractivity contribution in [3.05, 3.63) is 65.5 Å². The molecule has 2 N–H and O–H groups in total. The quantitative estimate of drug-likeness (QED) is 0.518. The lowest BCUT2D eigenvalue weighted by Gasteiger charge is -2.28. The summed E-state index contributed by atoms with van der Waals surface area (Å²) in [7, 11) is 0. The lowest BCUT2D eigenvalue weighted by Crippen LogP contribution is -2.27. The molecule has 2 aliphatic rings. The maximum Gasteiger partial charge on any atom is 0.303 e. The van der Waals surface area contributed by atoms with Crippen LogP contribution in [0, 0.1) is 23.2 Å². The van der Waals surface area contributed by atoms with Gasteiger partial charge in [0.1, 0.15) is 12.0 Å². The number of fused-ring (bicyclic) bond motifs is 2. The summed E-state index contributed by atoms with van der Waals surface area (Å²) in [5.74, 6) is 0.153. The third-order valence-corrected chi connectivity index (χ3v) is 7.31. The summed E-state index contributed by atoms with van der Waals surface area (Å²) in [5, 5.41) is 21.4. The minimum absolute atomic E-state index is 0.0415. The van der Waals surface area contributed by atoms with Crippen molar-refractivity contribution in [3.8, 4) is 23.3 Å². The summed E-state index contributed by atoms with van der Waals surface area (Å²) in [6.07, 6.45) is 4.83. The van der Waals surface area contributed by atoms with Gasteiger partial charge in [0, 0.05) is 28.7 Å². The first kappa shape index (κ1) is 22.7. The van der Waals surface area contributed by atoms with Crippen molar-refractivity contribution in [2.45, 2.75) is 38.0 Å². The van der Waals surface area contributed by atoms with Crippen LogP contribution in [0.25, 0.3) is 11.5 Å². The standard InChI is InChI=1S/C27H25N3O5/c1-16-24(25(33)30-21-13-17(15-28)5-6-18(21)3-2-4-23(31)32)27(16)9-11-34-22-8-7-19(14-20(22)27)26-29-10-12-35-26/h5-8,10,12-14,16,24H,2-4,9,11H2,1H3,(H,30,33)(H,31,32)/t16?,24?,27-/m0/s1. The van der Waals surface area contributed by atoms with E-state index in [1.54, 1.807) is 24.4 Å². The number of anilines is 1. The molecule has 2 heterocycles. The molecule has 0 bridgehead atoms. The van der Waals surface area contributed by atoms with Crippen molar-refractivity contribution in [1.29, 1.82) is 5.26 Å². The highest BCUT2D eigenvalue weighted by Crippen LogP contribution is 2.65. The minimum atomic E-state index is -0.861. The number of carbonyl (C=O) groups is 2. The number of benzene rings is 2. The third-order valence-electron chi connectivity index (χ3n) is 7.31. The molecular formula is C27H25N3O5. The fourth-order valence-electron chi connectivity index (χ4n) is 5.49. The van der Waals surface area contributed by atoms with Crippen LogP contribution in [0.2, 0.25) is 0 Å². The number of aromatic nitrogens is 1. The molecule has 5 rings (SSSR count). The topological polar surface area (TPSA) is 125 Å². The number of aliphatic carboxylic acids is 1. The summed E-state index contributed by atoms with van der Waals surface area (Å²) < 4.78 is 11.4. The average molecular weight is 472 g/mol. The predicted molar refractivity (Wildman–Crippen MR) is 127 cm³/mol. The van der Waals surface area contributed by atoms with E-state index in [4.69, 9.17) is 14.3 Å². The molecule has 1 aliphatic carbocycles. The number of aryl methyl sites for hydroxylation is 1. The van der Waals surface area contributed by atoms with Crippen molar-refractivity contribution >= 4 is 17.6 Å². The van der Waals surface area contributed by atoms with Crippen molar-refractivity contribution in [2.75, 3.05) is 11.9 Å². The Bertz CT molecular complexity index is 1330. The van der Waals surface area contributed by atoms with Gasteiger partial charge >= 0.3 is 5.97 Å². The SMILES string of the molecule is CC1C(C(=O)Nc2cc(C#N)ccc2CCCC(=O)O)[C@@]12CCOc1ccc(-c3ncco3)cc12. The number of carbonyl (C=O) groups excluding carboxylic acids is 1. The number of hydrogen-bond donors (Lipinski definition) is 2. The smallest absolute Gasteiger partial charge is 0.303 e. The molecule has 1 aromatic heterocycles. The zero-order chi connectivity index (χ0) is 24.6. The molecule has 1 saturated carbocycles. The van der Waals surface area contributed by atoms with Crippen LogP contribution in [0.4, 0.5) is 5.69 Å². The molecule has 1 fully saturated rings. The van der Waals surface area contributed by atoms with Crippen molar-refractivity contribution in [2.24, 2.45) is 11.8 Å². The van der Waals surface area contributed by atoms with Crippen molar-refractivity contribution in [1.82, 2.24) is 4.98 Å². The van der Waals surface area contributed by atoms with E-state index >= 15 is 0 Å². The number of rotatable bonds is 7. The second-order valence-corrected chi connectivity index (χ2v) is 9.17. The predicted octanol–water partition coefficient (Wildman–Crippen LogP) is 4.55. The van der Waals surface area contributed by atoms with E-state index in [-0.39, 0.29) is 29.6 Å². The van der Waals surface area contributed by atoms with Crippen LogP contribution in [0.3, 0.4) is 0 Å². The highest BCUT2D eigenvalue weighted by Gasteiger charge is 2.67. The number of carboxylic acids is 1. The average Bonchev–Trinajstić information content (AvgIpc) is 3.18. The Balaban J connectivity index is 1.42. The second-order valence-electron chi connectivity index (χ2n) is 9.17. The van der Waals surface area contributed by atoms with Crippen LogP contribution in [0.1, 0.15) is 42.9 Å². The fourth-order valence-corrected chi connectivity index (χ4v) is 5.49. The maximum atomic E-state index is 13.6. The molecule has 0 saturated heterocycles. The number of ether oxygens (including phenoxy) is 1. The molecule has 1 amide bonds. The molecule has 8 nitrogen and oxygen atoms in total. The van der Waals surface area contributed by atoms with Gasteiger partial charge in [-0.3, -0.25) is 9.59 Å². The first-order chi connectivity index (χ1) is 16.9. The van der Waals surface area contributed by atoms with Gasteiger partial charge in [0.25, 0.3) is 0 Å². The molecular weight excluding hydrogens is 446 g/mol. The number of amides is 1. The van der Waals surface area contributed by atoms with E-state index in [0.717, 1.165) is 28.9 Å². The Morgan fingerprint density at radius 1 is 1.29 bits per heavy atom. The Kier molecular flexibility index (Phi) is 5.77. The van der Waals surface area contributed by atoms with Gasteiger partial charge in [0.2, 0.25) is 11.8 Å². The highest BCUT2D eigenvalue weighted by atomic mass is 16.5. The molecule has 3 atom stereocenters. The number of nitrogens with one attached hydrogen (secondary N) is 1. The van der Waals surface area contributed by atoms with Gasteiger partial charge in [0.15, 0.2) is 0 Å². The molecule has 1 aliphatic heterocycles. The van der Waals surface area contributed by atoms with Crippen molar-refractivity contribution in [3.63, 3.8) is 0 Å². The zero-order valence-electron chi connectivity index (χ0n) is 19.3. The lowest BCUT2D eigenvalue weighted by atomic mass is 9.85. The number of nitriles is 1. The van der Waals surface area contributed by atoms with Gasteiger partial charge in [0.05, 0.1) is 30.4 Å². The van der Waals surface area contributed by atoms with E-state index in [1.165, 1.54) is 6.26 Å². The monoisotopic (exact) mass is 471 g/mol. The molecule has 3 aromatic rings. The van der Waals surface area contributed by atoms with Crippen molar-refractivity contribution < 1.29 is 23.8 Å². The van der Waals surface area contributed by atoms with Crippen LogP contribution in [-0.4, -0.2) is 28.6 Å². The second kappa shape index (κ2) is 8.91. The van der Waals surface area contributed by atoms with Gasteiger partial charge in [-0.1, -0.05) is 13.0 Å². The van der Waals surface area contributed by atoms with Gasteiger partial charge in [-0.25, -0.2) is 4.98 Å². The minimum Gasteiger partial charge on any atom is -0.493 e. The molecule has 8 heteroatoms. The first-order valence-electron chi connectivity index (χ1n) is 11.7. The molecule has 2 aromatic carbocycles. The first-order valence-corrected chi connectivity index (χ1v) is 11.7. The number of hydrogen-bond acceptors (Lipinski definition) is 6. The summed E-state index contributed by atoms with van der Waals surface area (Å²) >= 11 is 0. The fraction of sp³-hybridized carbons (Fsp3) is 0.333. The Labute approximate surface area is 202 Å². The van der Waals surface area contributed by atoms with Crippen LogP contribution in [0.5, 0.6) is 5.75 Å². The van der Waals surface area contributed by atoms with Gasteiger partial charge in [-0.05, 0) is 61.1 Å². The summed E-state index contributed by atoms with van der Waals surface area (Å²) in [6.45, 7) is 2.61. The largest absolute Gasteiger partial charge is 0.493 e. The number of nitrogens with zero attached hydrogens (tertiary/aromatic N) is 2. The van der Waals surface area contributed by atoms with Crippen LogP contribution in [0.15, 0.2) is 53.3 Å². The highest BCUT2D eigenvalue weighted by molar-refractivity contribution is 5.97.